The van der Waals surface area contributed by atoms with Crippen LogP contribution in [0.5, 0.6) is 0 Å². The molecule has 20 heavy (non-hydrogen) atoms. The number of hydrogen-bond acceptors (Lipinski definition) is 5. The van der Waals surface area contributed by atoms with Crippen molar-refractivity contribution in [3.63, 3.8) is 0 Å². The Morgan fingerprint density at radius 3 is 2.75 bits per heavy atom. The molecule has 1 fully saturated rings. The number of anilines is 1. The van der Waals surface area contributed by atoms with Crippen LogP contribution in [0.2, 0.25) is 5.15 Å². The molecule has 0 aliphatic carbocycles. The minimum absolute atomic E-state index is 0.0197. The Bertz CT molecular complexity index is 517. The number of carbonyl (C=O) groups is 1. The smallest absolute Gasteiger partial charge is 0.311 e. The number of halogens is 1. The van der Waals surface area contributed by atoms with E-state index in [2.05, 4.69) is 10.3 Å². The van der Waals surface area contributed by atoms with Crippen LogP contribution >= 0.6 is 11.6 Å². The lowest BCUT2D eigenvalue weighted by molar-refractivity contribution is -0.384. The Balaban J connectivity index is 2.01. The molecule has 0 saturated carbocycles. The van der Waals surface area contributed by atoms with E-state index >= 15 is 0 Å². The molecule has 0 spiro atoms. The zero-order chi connectivity index (χ0) is 14.5. The van der Waals surface area contributed by atoms with E-state index in [-0.39, 0.29) is 29.1 Å². The highest BCUT2D eigenvalue weighted by Crippen LogP contribution is 2.23. The molecule has 1 aliphatic rings. The number of piperidine rings is 1. The molecule has 0 radical (unpaired) electrons. The van der Waals surface area contributed by atoms with E-state index in [1.807, 2.05) is 0 Å². The van der Waals surface area contributed by atoms with Crippen molar-refractivity contribution in [2.75, 3.05) is 25.0 Å². The highest BCUT2D eigenvalue weighted by Gasteiger charge is 2.19. The van der Waals surface area contributed by atoms with Crippen LogP contribution in [0.25, 0.3) is 0 Å². The minimum Gasteiger partial charge on any atom is -0.355 e. The van der Waals surface area contributed by atoms with Crippen LogP contribution in [0.4, 0.5) is 11.5 Å². The van der Waals surface area contributed by atoms with E-state index in [1.54, 1.807) is 4.90 Å². The molecule has 2 heterocycles. The molecular formula is C12H15ClN4O3. The Morgan fingerprint density at radius 2 is 2.10 bits per heavy atom. The van der Waals surface area contributed by atoms with Gasteiger partial charge in [0.2, 0.25) is 11.7 Å². The number of carbonyl (C=O) groups excluding carboxylic acids is 1. The van der Waals surface area contributed by atoms with E-state index < -0.39 is 4.92 Å². The second-order valence-corrected chi connectivity index (χ2v) is 4.94. The number of likely N-dealkylation sites (tertiary alicyclic amines) is 1. The molecule has 1 aliphatic heterocycles. The normalized spacial score (nSPS) is 14.9. The summed E-state index contributed by atoms with van der Waals surface area (Å²) in [4.78, 5) is 27.9. The van der Waals surface area contributed by atoms with Crippen molar-refractivity contribution in [2.45, 2.75) is 19.3 Å². The van der Waals surface area contributed by atoms with Crippen LogP contribution in [-0.4, -0.2) is 40.3 Å². The summed E-state index contributed by atoms with van der Waals surface area (Å²) < 4.78 is 0. The molecule has 1 aromatic heterocycles. The number of pyridine rings is 1. The molecule has 1 N–H and O–H groups in total. The third-order valence-corrected chi connectivity index (χ3v) is 3.36. The molecule has 0 atom stereocenters. The molecule has 108 valence electrons. The first-order valence-corrected chi connectivity index (χ1v) is 6.78. The summed E-state index contributed by atoms with van der Waals surface area (Å²) in [5.74, 6) is -0.0615. The van der Waals surface area contributed by atoms with Crippen LogP contribution in [0.1, 0.15) is 19.3 Å². The van der Waals surface area contributed by atoms with Crippen LogP contribution in [-0.2, 0) is 4.79 Å². The molecule has 2 rings (SSSR count). The lowest BCUT2D eigenvalue weighted by Crippen LogP contribution is -2.39. The number of amides is 1. The van der Waals surface area contributed by atoms with Crippen LogP contribution in [0.15, 0.2) is 12.1 Å². The first-order chi connectivity index (χ1) is 9.58. The number of hydrogen-bond donors (Lipinski definition) is 1. The van der Waals surface area contributed by atoms with Gasteiger partial charge in [0.05, 0.1) is 11.5 Å². The van der Waals surface area contributed by atoms with Gasteiger partial charge in [-0.25, -0.2) is 4.98 Å². The fraction of sp³-hybridized carbons (Fsp3) is 0.500. The SMILES string of the molecule is O=C(CNc1nc(Cl)ccc1[N+](=O)[O-])N1CCCCC1. The predicted octanol–water partition coefficient (Wildman–Crippen LogP) is 2.07. The number of nitrogens with zero attached hydrogens (tertiary/aromatic N) is 3. The molecule has 8 heteroatoms. The molecule has 1 aromatic rings. The van der Waals surface area contributed by atoms with Gasteiger partial charge in [-0.3, -0.25) is 14.9 Å². The number of rotatable bonds is 4. The first-order valence-electron chi connectivity index (χ1n) is 6.40. The maximum absolute atomic E-state index is 12.0. The zero-order valence-electron chi connectivity index (χ0n) is 10.8. The first kappa shape index (κ1) is 14.5. The van der Waals surface area contributed by atoms with Gasteiger partial charge in [-0.1, -0.05) is 11.6 Å². The van der Waals surface area contributed by atoms with Crippen LogP contribution < -0.4 is 5.32 Å². The Morgan fingerprint density at radius 1 is 1.40 bits per heavy atom. The highest BCUT2D eigenvalue weighted by molar-refractivity contribution is 6.29. The van der Waals surface area contributed by atoms with E-state index in [0.29, 0.717) is 0 Å². The largest absolute Gasteiger partial charge is 0.355 e. The van der Waals surface area contributed by atoms with E-state index in [0.717, 1.165) is 32.4 Å². The third kappa shape index (κ3) is 3.57. The summed E-state index contributed by atoms with van der Waals surface area (Å²) in [5.41, 5.74) is -0.194. The quantitative estimate of drug-likeness (QED) is 0.522. The van der Waals surface area contributed by atoms with Crippen LogP contribution in [0, 0.1) is 10.1 Å². The number of nitro groups is 1. The van der Waals surface area contributed by atoms with E-state index in [1.165, 1.54) is 12.1 Å². The van der Waals surface area contributed by atoms with Crippen molar-refractivity contribution < 1.29 is 9.72 Å². The maximum atomic E-state index is 12.0. The van der Waals surface area contributed by atoms with Crippen molar-refractivity contribution in [3.8, 4) is 0 Å². The molecule has 0 aromatic carbocycles. The van der Waals surface area contributed by atoms with Gasteiger partial charge in [-0.05, 0) is 25.3 Å². The zero-order valence-corrected chi connectivity index (χ0v) is 11.6. The predicted molar refractivity (Wildman–Crippen MR) is 74.8 cm³/mol. The third-order valence-electron chi connectivity index (χ3n) is 3.15. The molecule has 1 amide bonds. The maximum Gasteiger partial charge on any atom is 0.311 e. The Labute approximate surface area is 121 Å². The van der Waals surface area contributed by atoms with Crippen molar-refractivity contribution in [2.24, 2.45) is 0 Å². The second kappa shape index (κ2) is 6.51. The van der Waals surface area contributed by atoms with Gasteiger partial charge < -0.3 is 10.2 Å². The summed E-state index contributed by atoms with van der Waals surface area (Å²) in [6.45, 7) is 1.46. The van der Waals surface area contributed by atoms with Crippen molar-refractivity contribution in [1.29, 1.82) is 0 Å². The summed E-state index contributed by atoms with van der Waals surface area (Å²) in [7, 11) is 0. The van der Waals surface area contributed by atoms with Crippen molar-refractivity contribution >= 4 is 29.0 Å². The number of nitrogens with one attached hydrogen (secondary N) is 1. The van der Waals surface area contributed by atoms with Gasteiger partial charge in [0.25, 0.3) is 0 Å². The Kier molecular flexibility index (Phi) is 4.73. The average Bonchev–Trinajstić information content (AvgIpc) is 2.45. The summed E-state index contributed by atoms with van der Waals surface area (Å²) >= 11 is 5.72. The van der Waals surface area contributed by atoms with Gasteiger partial charge in [0.1, 0.15) is 5.15 Å². The van der Waals surface area contributed by atoms with Crippen molar-refractivity contribution in [3.05, 3.63) is 27.4 Å². The van der Waals surface area contributed by atoms with Gasteiger partial charge >= 0.3 is 5.69 Å². The van der Waals surface area contributed by atoms with Gasteiger partial charge in [-0.2, -0.15) is 0 Å². The fourth-order valence-corrected chi connectivity index (χ4v) is 2.27. The Hall–Kier alpha value is -1.89. The van der Waals surface area contributed by atoms with E-state index in [4.69, 9.17) is 11.6 Å². The van der Waals surface area contributed by atoms with Gasteiger partial charge in [0.15, 0.2) is 0 Å². The summed E-state index contributed by atoms with van der Waals surface area (Å²) in [6, 6.07) is 2.61. The van der Waals surface area contributed by atoms with E-state index in [9.17, 15) is 14.9 Å². The minimum atomic E-state index is -0.558. The summed E-state index contributed by atoms with van der Waals surface area (Å²) in [6.07, 6.45) is 3.14. The topological polar surface area (TPSA) is 88.4 Å². The fourth-order valence-electron chi connectivity index (χ4n) is 2.12. The summed E-state index contributed by atoms with van der Waals surface area (Å²) in [5, 5.41) is 13.7. The molecule has 0 unspecified atom stereocenters. The van der Waals surface area contributed by atoms with Gasteiger partial charge in [-0.15, -0.1) is 0 Å². The second-order valence-electron chi connectivity index (χ2n) is 4.55. The van der Waals surface area contributed by atoms with Gasteiger partial charge in [0, 0.05) is 19.2 Å². The molecule has 0 bridgehead atoms. The lowest BCUT2D eigenvalue weighted by Gasteiger charge is -2.26. The average molecular weight is 299 g/mol. The molecule has 1 saturated heterocycles. The lowest BCUT2D eigenvalue weighted by atomic mass is 10.1. The standard InChI is InChI=1S/C12H15ClN4O3/c13-10-5-4-9(17(19)20)12(15-10)14-8-11(18)16-6-2-1-3-7-16/h4-5H,1-3,6-8H2,(H,14,15). The molecular weight excluding hydrogens is 284 g/mol. The number of aromatic nitrogens is 1. The van der Waals surface area contributed by atoms with Crippen LogP contribution in [0.3, 0.4) is 0 Å². The highest BCUT2D eigenvalue weighted by atomic mass is 35.5. The monoisotopic (exact) mass is 298 g/mol. The molecule has 7 nitrogen and oxygen atoms in total. The van der Waals surface area contributed by atoms with Crippen molar-refractivity contribution in [1.82, 2.24) is 9.88 Å².